The highest BCUT2D eigenvalue weighted by Gasteiger charge is 2.48. The number of nitrogens with zero attached hydrogens (tertiary/aromatic N) is 4. The fraction of sp³-hybridized carbons (Fsp3) is 0.538. The topological polar surface area (TPSA) is 9.72 Å². The maximum Gasteiger partial charge on any atom is 0.139 e. The van der Waals surface area contributed by atoms with Gasteiger partial charge >= 0.3 is 0 Å². The zero-order valence-corrected chi connectivity index (χ0v) is 12.2. The summed E-state index contributed by atoms with van der Waals surface area (Å²) >= 11 is 12.5. The second-order valence-electron chi connectivity index (χ2n) is 6.07. The van der Waals surface area contributed by atoms with Crippen LogP contribution in [0, 0.1) is 0 Å². The molecule has 1 aromatic rings. The van der Waals surface area contributed by atoms with E-state index in [1.807, 2.05) is 12.1 Å². The first-order valence-corrected chi connectivity index (χ1v) is 7.34. The van der Waals surface area contributed by atoms with Crippen LogP contribution in [0.2, 0.25) is 10.0 Å². The monoisotopic (exact) mass is 299 g/mol. The molecule has 0 unspecified atom stereocenters. The summed E-state index contributed by atoms with van der Waals surface area (Å²) in [6.45, 7) is 7.66. The minimum atomic E-state index is 0.661. The Morgan fingerprint density at radius 3 is 2.11 bits per heavy atom. The van der Waals surface area contributed by atoms with E-state index in [9.17, 15) is 0 Å². The predicted molar refractivity (Wildman–Crippen MR) is 75.1 cm³/mol. The molecule has 4 aliphatic heterocycles. The maximum absolute atomic E-state index is 6.35. The second kappa shape index (κ2) is 4.32. The van der Waals surface area contributed by atoms with E-state index in [1.54, 1.807) is 0 Å². The van der Waals surface area contributed by atoms with Crippen molar-refractivity contribution in [2.45, 2.75) is 6.54 Å². The van der Waals surface area contributed by atoms with Gasteiger partial charge in [0.25, 0.3) is 0 Å². The van der Waals surface area contributed by atoms with Gasteiger partial charge in [-0.15, -0.1) is 0 Å². The van der Waals surface area contributed by atoms with Crippen molar-refractivity contribution < 1.29 is 4.48 Å². The van der Waals surface area contributed by atoms with Crippen LogP contribution in [0.15, 0.2) is 18.2 Å². The van der Waals surface area contributed by atoms with Gasteiger partial charge < -0.3 is 0 Å². The SMILES string of the molecule is Clc1cccc(C[N+]23CN4CN(CN(C4)C2)C3)c1Cl. The Morgan fingerprint density at radius 2 is 1.53 bits per heavy atom. The van der Waals surface area contributed by atoms with Crippen LogP contribution in [0.1, 0.15) is 5.56 Å². The summed E-state index contributed by atoms with van der Waals surface area (Å²) in [5.74, 6) is 0. The molecule has 0 radical (unpaired) electrons. The van der Waals surface area contributed by atoms with Gasteiger partial charge in [-0.3, -0.25) is 4.48 Å². The quantitative estimate of drug-likeness (QED) is 0.774. The summed E-state index contributed by atoms with van der Waals surface area (Å²) in [5.41, 5.74) is 1.17. The average Bonchev–Trinajstić information content (AvgIpc) is 2.33. The summed E-state index contributed by atoms with van der Waals surface area (Å²) in [6, 6.07) is 5.95. The van der Waals surface area contributed by atoms with E-state index in [-0.39, 0.29) is 0 Å². The summed E-state index contributed by atoms with van der Waals surface area (Å²) < 4.78 is 1.06. The van der Waals surface area contributed by atoms with Gasteiger partial charge in [-0.1, -0.05) is 35.3 Å². The third kappa shape index (κ3) is 2.07. The molecule has 0 amide bonds. The number of benzene rings is 1. The third-order valence-electron chi connectivity index (χ3n) is 4.24. The molecule has 6 heteroatoms. The molecule has 102 valence electrons. The van der Waals surface area contributed by atoms with Gasteiger partial charge in [-0.25, -0.2) is 14.7 Å². The standard InChI is InChI=1S/C13H17Cl2N4/c14-12-3-1-2-11(13(12)15)4-19-8-16-5-17(9-19)7-18(6-16)10-19/h1-3H,4-10H2/q+1. The molecule has 0 N–H and O–H groups in total. The number of halogens is 2. The van der Waals surface area contributed by atoms with Crippen molar-refractivity contribution in [1.82, 2.24) is 14.7 Å². The van der Waals surface area contributed by atoms with E-state index in [4.69, 9.17) is 23.2 Å². The van der Waals surface area contributed by atoms with E-state index < -0.39 is 0 Å². The van der Waals surface area contributed by atoms with Crippen LogP contribution < -0.4 is 0 Å². The highest BCUT2D eigenvalue weighted by atomic mass is 35.5. The lowest BCUT2D eigenvalue weighted by molar-refractivity contribution is -0.991. The molecule has 0 atom stereocenters. The van der Waals surface area contributed by atoms with Crippen LogP contribution in [0.25, 0.3) is 0 Å². The molecule has 4 saturated heterocycles. The number of quaternary nitrogens is 1. The Bertz CT molecular complexity index is 484. The van der Waals surface area contributed by atoms with Gasteiger partial charge in [0, 0.05) is 5.56 Å². The number of hydrogen-bond acceptors (Lipinski definition) is 3. The zero-order chi connectivity index (χ0) is 13.0. The summed E-state index contributed by atoms with van der Waals surface area (Å²) in [7, 11) is 0. The van der Waals surface area contributed by atoms with Crippen LogP contribution in [-0.2, 0) is 6.54 Å². The lowest BCUT2D eigenvalue weighted by Crippen LogP contribution is -2.78. The smallest absolute Gasteiger partial charge is 0.139 e. The lowest BCUT2D eigenvalue weighted by Gasteiger charge is -2.60. The molecular weight excluding hydrogens is 283 g/mol. The molecule has 1 aromatic carbocycles. The Balaban J connectivity index is 1.64. The first-order chi connectivity index (χ1) is 9.13. The minimum absolute atomic E-state index is 0.661. The first-order valence-electron chi connectivity index (χ1n) is 6.59. The summed E-state index contributed by atoms with van der Waals surface area (Å²) in [6.07, 6.45) is 0. The van der Waals surface area contributed by atoms with Crippen LogP contribution in [-0.4, -0.2) is 59.2 Å². The zero-order valence-electron chi connectivity index (χ0n) is 10.7. The van der Waals surface area contributed by atoms with Crippen molar-refractivity contribution in [3.8, 4) is 0 Å². The first kappa shape index (κ1) is 12.4. The van der Waals surface area contributed by atoms with Gasteiger partial charge in [-0.05, 0) is 6.07 Å². The highest BCUT2D eigenvalue weighted by Crippen LogP contribution is 2.34. The van der Waals surface area contributed by atoms with Gasteiger partial charge in [0.15, 0.2) is 0 Å². The van der Waals surface area contributed by atoms with Gasteiger partial charge in [0.2, 0.25) is 0 Å². The van der Waals surface area contributed by atoms with Crippen molar-refractivity contribution in [3.63, 3.8) is 0 Å². The van der Waals surface area contributed by atoms with Crippen LogP contribution in [0.4, 0.5) is 0 Å². The Kier molecular flexibility index (Phi) is 2.81. The van der Waals surface area contributed by atoms with Crippen molar-refractivity contribution in [2.75, 3.05) is 40.0 Å². The molecular formula is C13H17Cl2N4+. The van der Waals surface area contributed by atoms with E-state index in [0.717, 1.165) is 56.1 Å². The summed E-state index contributed by atoms with van der Waals surface area (Å²) in [4.78, 5) is 7.53. The van der Waals surface area contributed by atoms with Gasteiger partial charge in [0.05, 0.1) is 30.1 Å². The van der Waals surface area contributed by atoms with Crippen LogP contribution in [0.5, 0.6) is 0 Å². The number of hydrogen-bond donors (Lipinski definition) is 0. The Labute approximate surface area is 123 Å². The fourth-order valence-corrected chi connectivity index (χ4v) is 4.22. The lowest BCUT2D eigenvalue weighted by atomic mass is 10.1. The molecule has 0 aliphatic carbocycles. The van der Waals surface area contributed by atoms with Crippen molar-refractivity contribution >= 4 is 23.2 Å². The molecule has 19 heavy (non-hydrogen) atoms. The Hall–Kier alpha value is -0.360. The van der Waals surface area contributed by atoms with E-state index in [1.165, 1.54) is 5.56 Å². The maximum atomic E-state index is 6.35. The molecule has 4 heterocycles. The molecule has 4 aliphatic rings. The van der Waals surface area contributed by atoms with E-state index in [2.05, 4.69) is 20.8 Å². The summed E-state index contributed by atoms with van der Waals surface area (Å²) in [5, 5.41) is 1.38. The third-order valence-corrected chi connectivity index (χ3v) is 5.10. The van der Waals surface area contributed by atoms with E-state index >= 15 is 0 Å². The molecule has 0 saturated carbocycles. The normalized spacial score (nSPS) is 39.8. The largest absolute Gasteiger partial charge is 0.282 e. The van der Waals surface area contributed by atoms with Gasteiger partial charge in [-0.2, -0.15) is 0 Å². The molecule has 5 rings (SSSR count). The van der Waals surface area contributed by atoms with Crippen molar-refractivity contribution in [2.24, 2.45) is 0 Å². The predicted octanol–water partition coefficient (Wildman–Crippen LogP) is 2.00. The molecule has 4 bridgehead atoms. The van der Waals surface area contributed by atoms with Crippen molar-refractivity contribution in [3.05, 3.63) is 33.8 Å². The van der Waals surface area contributed by atoms with Crippen LogP contribution in [0.3, 0.4) is 0 Å². The number of rotatable bonds is 2. The average molecular weight is 300 g/mol. The molecule has 4 fully saturated rings. The minimum Gasteiger partial charge on any atom is -0.282 e. The van der Waals surface area contributed by atoms with Crippen LogP contribution >= 0.6 is 23.2 Å². The highest BCUT2D eigenvalue weighted by molar-refractivity contribution is 6.42. The van der Waals surface area contributed by atoms with Gasteiger partial charge in [0.1, 0.15) is 26.6 Å². The Morgan fingerprint density at radius 1 is 0.947 bits per heavy atom. The molecule has 4 nitrogen and oxygen atoms in total. The fourth-order valence-electron chi connectivity index (χ4n) is 3.84. The second-order valence-corrected chi connectivity index (χ2v) is 6.86. The molecule has 0 aromatic heterocycles. The van der Waals surface area contributed by atoms with E-state index in [0.29, 0.717) is 5.02 Å². The van der Waals surface area contributed by atoms with Crippen molar-refractivity contribution in [1.29, 1.82) is 0 Å². The molecule has 0 spiro atoms.